The molecule has 7 aromatic rings. The van der Waals surface area contributed by atoms with Crippen LogP contribution in [0.3, 0.4) is 0 Å². The van der Waals surface area contributed by atoms with Crippen LogP contribution >= 0.6 is 11.3 Å². The van der Waals surface area contributed by atoms with E-state index < -0.39 is 5.66 Å². The summed E-state index contributed by atoms with van der Waals surface area (Å²) in [6.45, 7) is 2.25. The normalized spacial score (nSPS) is 21.8. The molecule has 3 atom stereocenters. The minimum Gasteiger partial charge on any atom is -0.310 e. The third-order valence-corrected chi connectivity index (χ3v) is 9.33. The molecule has 1 saturated heterocycles. The average Bonchev–Trinajstić information content (AvgIpc) is 3.54. The topological polar surface area (TPSA) is 41.0 Å². The molecule has 190 valence electrons. The third-order valence-electron chi connectivity index (χ3n) is 8.14. The van der Waals surface area contributed by atoms with Crippen LogP contribution in [-0.2, 0) is 5.66 Å². The summed E-state index contributed by atoms with van der Waals surface area (Å²) < 4.78 is 5.13. The van der Waals surface area contributed by atoms with E-state index in [0.717, 1.165) is 0 Å². The lowest BCUT2D eigenvalue weighted by molar-refractivity contribution is 0.0913. The maximum atomic E-state index is 3.98. The van der Waals surface area contributed by atoms with Gasteiger partial charge in [-0.15, -0.1) is 11.3 Å². The minimum absolute atomic E-state index is 0.0551. The molecule has 0 bridgehead atoms. The Morgan fingerprint density at radius 2 is 1.31 bits per heavy atom. The van der Waals surface area contributed by atoms with E-state index in [1.165, 1.54) is 53.1 Å². The Bertz CT molecular complexity index is 1970. The van der Waals surface area contributed by atoms with Crippen LogP contribution in [0.1, 0.15) is 30.5 Å². The fraction of sp³-hybridized carbons (Fsp3) is 0.118. The van der Waals surface area contributed by atoms with Crippen LogP contribution in [0.5, 0.6) is 0 Å². The Morgan fingerprint density at radius 1 is 0.641 bits per heavy atom. The van der Waals surface area contributed by atoms with Gasteiger partial charge in [-0.2, -0.15) is 0 Å². The zero-order chi connectivity index (χ0) is 26.0. The molecule has 39 heavy (non-hydrogen) atoms. The second-order valence-corrected chi connectivity index (χ2v) is 11.6. The van der Waals surface area contributed by atoms with E-state index >= 15 is 0 Å². The molecule has 1 aliphatic heterocycles. The molecule has 8 rings (SSSR count). The van der Waals surface area contributed by atoms with Gasteiger partial charge in [0.1, 0.15) is 6.29 Å². The number of fused-ring (bicyclic) bond motifs is 7. The van der Waals surface area contributed by atoms with Gasteiger partial charge in [-0.3, -0.25) is 16.0 Å². The van der Waals surface area contributed by atoms with E-state index in [1.807, 2.05) is 11.3 Å². The predicted molar refractivity (Wildman–Crippen MR) is 164 cm³/mol. The second-order valence-electron chi connectivity index (χ2n) is 10.5. The van der Waals surface area contributed by atoms with Crippen molar-refractivity contribution in [3.63, 3.8) is 0 Å². The highest BCUT2D eigenvalue weighted by molar-refractivity contribution is 7.26. The number of nitrogens with one attached hydrogen (secondary N) is 3. The molecule has 0 saturated carbocycles. The lowest BCUT2D eigenvalue weighted by atomic mass is 9.98. The quantitative estimate of drug-likeness (QED) is 0.220. The first-order chi connectivity index (χ1) is 19.2. The monoisotopic (exact) mass is 524 g/mol. The molecule has 4 nitrogen and oxygen atoms in total. The fourth-order valence-corrected chi connectivity index (χ4v) is 7.53. The smallest absolute Gasteiger partial charge is 0.142 e. The highest BCUT2D eigenvalue weighted by Gasteiger charge is 2.39. The van der Waals surface area contributed by atoms with Crippen molar-refractivity contribution in [3.8, 4) is 0 Å². The van der Waals surface area contributed by atoms with E-state index in [0.29, 0.717) is 0 Å². The van der Waals surface area contributed by atoms with Gasteiger partial charge in [0.15, 0.2) is 0 Å². The Hall–Kier alpha value is -4.00. The summed E-state index contributed by atoms with van der Waals surface area (Å²) in [6, 6.07) is 43.5. The molecule has 0 aliphatic carbocycles. The van der Waals surface area contributed by atoms with Crippen molar-refractivity contribution >= 4 is 53.3 Å². The number of aromatic nitrogens is 1. The summed E-state index contributed by atoms with van der Waals surface area (Å²) in [7, 11) is 0. The molecule has 2 aromatic heterocycles. The first-order valence-electron chi connectivity index (χ1n) is 13.4. The van der Waals surface area contributed by atoms with Crippen molar-refractivity contribution in [1.82, 2.24) is 20.5 Å². The van der Waals surface area contributed by atoms with Gasteiger partial charge in [0.25, 0.3) is 0 Å². The van der Waals surface area contributed by atoms with Crippen LogP contribution in [0.4, 0.5) is 0 Å². The molecule has 5 aromatic carbocycles. The van der Waals surface area contributed by atoms with E-state index in [2.05, 4.69) is 149 Å². The zero-order valence-corrected chi connectivity index (χ0v) is 22.4. The Morgan fingerprint density at radius 3 is 2.13 bits per heavy atom. The van der Waals surface area contributed by atoms with Crippen molar-refractivity contribution < 1.29 is 0 Å². The first kappa shape index (κ1) is 22.9. The van der Waals surface area contributed by atoms with E-state index in [9.17, 15) is 0 Å². The van der Waals surface area contributed by atoms with Crippen LogP contribution in [0.2, 0.25) is 0 Å². The largest absolute Gasteiger partial charge is 0.310 e. The lowest BCUT2D eigenvalue weighted by Crippen LogP contribution is -2.65. The van der Waals surface area contributed by atoms with Crippen LogP contribution in [0.15, 0.2) is 121 Å². The number of benzene rings is 5. The molecule has 3 N–H and O–H groups in total. The summed E-state index contributed by atoms with van der Waals surface area (Å²) in [5.41, 5.74) is 4.42. The third kappa shape index (κ3) is 3.55. The van der Waals surface area contributed by atoms with Crippen molar-refractivity contribution in [2.24, 2.45) is 0 Å². The molecule has 0 amide bonds. The van der Waals surface area contributed by atoms with Crippen molar-refractivity contribution in [1.29, 1.82) is 0 Å². The van der Waals surface area contributed by atoms with Crippen LogP contribution in [-0.4, -0.2) is 4.57 Å². The van der Waals surface area contributed by atoms with E-state index in [1.54, 1.807) is 0 Å². The molecule has 5 heteroatoms. The Balaban J connectivity index is 1.41. The lowest BCUT2D eigenvalue weighted by Gasteiger charge is -2.47. The van der Waals surface area contributed by atoms with Gasteiger partial charge < -0.3 is 4.57 Å². The van der Waals surface area contributed by atoms with Gasteiger partial charge in [0.05, 0.1) is 27.6 Å². The Kier molecular flexibility index (Phi) is 5.15. The molecule has 0 spiro atoms. The Labute approximate surface area is 230 Å². The van der Waals surface area contributed by atoms with Gasteiger partial charge in [-0.1, -0.05) is 109 Å². The molecular weight excluding hydrogens is 496 g/mol. The summed E-state index contributed by atoms with van der Waals surface area (Å²) >= 11 is 1.89. The molecule has 2 unspecified atom stereocenters. The molecule has 3 heterocycles. The average molecular weight is 525 g/mol. The van der Waals surface area contributed by atoms with Gasteiger partial charge in [-0.05, 0) is 30.2 Å². The summed E-state index contributed by atoms with van der Waals surface area (Å²) in [5.74, 6) is 0. The van der Waals surface area contributed by atoms with Crippen molar-refractivity contribution in [2.75, 3.05) is 0 Å². The van der Waals surface area contributed by atoms with Gasteiger partial charge in [0.2, 0.25) is 0 Å². The number of thiophene rings is 1. The number of hydrogen-bond donors (Lipinski definition) is 3. The summed E-state index contributed by atoms with van der Waals surface area (Å²) in [4.78, 5) is 0. The van der Waals surface area contributed by atoms with Gasteiger partial charge in [-0.25, -0.2) is 0 Å². The highest BCUT2D eigenvalue weighted by atomic mass is 32.1. The molecule has 1 fully saturated rings. The second kappa shape index (κ2) is 8.76. The van der Waals surface area contributed by atoms with Crippen molar-refractivity contribution in [3.05, 3.63) is 132 Å². The maximum absolute atomic E-state index is 3.98. The molecular formula is C34H28N4S. The number of nitrogens with zero attached hydrogens (tertiary/aromatic N) is 1. The summed E-state index contributed by atoms with van der Waals surface area (Å²) in [5, 5.41) is 17.0. The maximum Gasteiger partial charge on any atom is 0.142 e. The highest BCUT2D eigenvalue weighted by Crippen LogP contribution is 2.43. The van der Waals surface area contributed by atoms with Gasteiger partial charge in [0, 0.05) is 26.2 Å². The van der Waals surface area contributed by atoms with Gasteiger partial charge >= 0.3 is 0 Å². The van der Waals surface area contributed by atoms with E-state index in [-0.39, 0.29) is 12.5 Å². The van der Waals surface area contributed by atoms with Crippen LogP contribution < -0.4 is 16.0 Å². The SMILES string of the molecule is C[C@]1(c2ccccc2)NC(c2ccccc2)NC(n2c3ccccc3c3ccc4c5ccccc5sc4c32)N1. The van der Waals surface area contributed by atoms with E-state index in [4.69, 9.17) is 0 Å². The standard InChI is InChI=1S/C34H28N4S/c1-34(23-14-6-3-7-15-23)36-32(22-12-4-2-5-13-22)35-33(37-34)38-28-18-10-8-16-24(28)26-20-21-27-25-17-9-11-19-29(25)39-31(27)30(26)38/h2-21,32-33,35-37H,1H3/t32?,33?,34-/m0/s1. The number of para-hydroxylation sites is 1. The predicted octanol–water partition coefficient (Wildman–Crippen LogP) is 7.97. The van der Waals surface area contributed by atoms with Crippen LogP contribution in [0, 0.1) is 0 Å². The molecule has 1 aliphatic rings. The number of hydrogen-bond acceptors (Lipinski definition) is 4. The zero-order valence-electron chi connectivity index (χ0n) is 21.6. The fourth-order valence-electron chi connectivity index (χ4n) is 6.28. The summed E-state index contributed by atoms with van der Waals surface area (Å²) in [6.07, 6.45) is -0.222. The number of rotatable bonds is 3. The molecule has 0 radical (unpaired) electrons. The minimum atomic E-state index is -0.469. The van der Waals surface area contributed by atoms with Crippen LogP contribution in [0.25, 0.3) is 42.0 Å². The van der Waals surface area contributed by atoms with Crippen molar-refractivity contribution in [2.45, 2.75) is 25.0 Å². The first-order valence-corrected chi connectivity index (χ1v) is 14.3.